The molecule has 2 atom stereocenters. The third-order valence-corrected chi connectivity index (χ3v) is 5.82. The molecule has 1 amide bonds. The van der Waals surface area contributed by atoms with E-state index in [-0.39, 0.29) is 6.04 Å². The largest absolute Gasteiger partial charge is 0.341 e. The summed E-state index contributed by atoms with van der Waals surface area (Å²) >= 11 is 0. The summed E-state index contributed by atoms with van der Waals surface area (Å²) in [5.41, 5.74) is 0. The monoisotopic (exact) mass is 293 g/mol. The second kappa shape index (κ2) is 7.10. The van der Waals surface area contributed by atoms with Crippen molar-refractivity contribution < 1.29 is 4.79 Å². The minimum atomic E-state index is 0.0898. The van der Waals surface area contributed by atoms with Crippen LogP contribution >= 0.6 is 0 Å². The molecule has 21 heavy (non-hydrogen) atoms. The molecular weight excluding hydrogens is 262 g/mol. The highest BCUT2D eigenvalue weighted by molar-refractivity contribution is 5.82. The zero-order chi connectivity index (χ0) is 14.7. The predicted molar refractivity (Wildman–Crippen MR) is 85.2 cm³/mol. The molecule has 3 rings (SSSR count). The number of piperidine rings is 2. The zero-order valence-corrected chi connectivity index (χ0v) is 13.5. The van der Waals surface area contributed by atoms with Crippen LogP contribution in [0, 0.1) is 5.92 Å². The van der Waals surface area contributed by atoms with Gasteiger partial charge in [0.15, 0.2) is 0 Å². The first-order chi connectivity index (χ1) is 10.3. The van der Waals surface area contributed by atoms with Gasteiger partial charge in [-0.3, -0.25) is 4.79 Å². The molecule has 4 nitrogen and oxygen atoms in total. The lowest BCUT2D eigenvalue weighted by Gasteiger charge is -2.39. The van der Waals surface area contributed by atoms with Gasteiger partial charge in [-0.25, -0.2) is 0 Å². The smallest absolute Gasteiger partial charge is 0.239 e. The number of carbonyl (C=O) groups is 1. The Morgan fingerprint density at radius 2 is 1.81 bits per heavy atom. The van der Waals surface area contributed by atoms with Crippen LogP contribution < -0.4 is 5.32 Å². The minimum Gasteiger partial charge on any atom is -0.341 e. The number of nitrogens with zero attached hydrogens (tertiary/aromatic N) is 2. The Morgan fingerprint density at radius 1 is 1.10 bits per heavy atom. The van der Waals surface area contributed by atoms with E-state index in [1.807, 2.05) is 0 Å². The fourth-order valence-electron chi connectivity index (χ4n) is 4.33. The van der Waals surface area contributed by atoms with E-state index in [2.05, 4.69) is 22.0 Å². The van der Waals surface area contributed by atoms with Crippen molar-refractivity contribution in [3.63, 3.8) is 0 Å². The summed E-state index contributed by atoms with van der Waals surface area (Å²) in [6, 6.07) is 0.825. The molecule has 3 saturated heterocycles. The molecule has 1 N–H and O–H groups in total. The lowest BCUT2D eigenvalue weighted by atomic mass is 9.89. The minimum absolute atomic E-state index is 0.0898. The first-order valence-corrected chi connectivity index (χ1v) is 9.04. The van der Waals surface area contributed by atoms with Gasteiger partial charge in [0, 0.05) is 19.1 Å². The van der Waals surface area contributed by atoms with Crippen molar-refractivity contribution in [2.75, 3.05) is 32.7 Å². The van der Waals surface area contributed by atoms with Crippen molar-refractivity contribution in [2.45, 2.75) is 64.0 Å². The molecule has 2 unspecified atom stereocenters. The number of hydrogen-bond acceptors (Lipinski definition) is 3. The topological polar surface area (TPSA) is 35.6 Å². The summed E-state index contributed by atoms with van der Waals surface area (Å²) < 4.78 is 0. The summed E-state index contributed by atoms with van der Waals surface area (Å²) in [5, 5.41) is 3.45. The molecule has 120 valence electrons. The summed E-state index contributed by atoms with van der Waals surface area (Å²) in [4.78, 5) is 17.5. The van der Waals surface area contributed by atoms with Crippen LogP contribution in [-0.2, 0) is 4.79 Å². The Hall–Kier alpha value is -0.610. The molecule has 0 aliphatic carbocycles. The normalized spacial score (nSPS) is 32.5. The van der Waals surface area contributed by atoms with Gasteiger partial charge < -0.3 is 15.1 Å². The Bertz CT molecular complexity index is 346. The molecule has 0 spiro atoms. The highest BCUT2D eigenvalue weighted by Crippen LogP contribution is 2.24. The number of hydrogen-bond donors (Lipinski definition) is 1. The van der Waals surface area contributed by atoms with Crippen LogP contribution in [0.4, 0.5) is 0 Å². The second-order valence-corrected chi connectivity index (χ2v) is 7.10. The van der Waals surface area contributed by atoms with Crippen LogP contribution in [0.2, 0.25) is 0 Å². The molecule has 3 fully saturated rings. The second-order valence-electron chi connectivity index (χ2n) is 7.10. The van der Waals surface area contributed by atoms with Gasteiger partial charge in [0.1, 0.15) is 0 Å². The number of carbonyl (C=O) groups excluding carboxylic acids is 1. The van der Waals surface area contributed by atoms with E-state index in [1.165, 1.54) is 51.6 Å². The Morgan fingerprint density at radius 3 is 2.48 bits per heavy atom. The molecule has 0 saturated carbocycles. The van der Waals surface area contributed by atoms with Crippen LogP contribution in [-0.4, -0.2) is 60.5 Å². The van der Waals surface area contributed by atoms with Crippen LogP contribution in [0.1, 0.15) is 51.9 Å². The number of likely N-dealkylation sites (tertiary alicyclic amines) is 2. The third-order valence-electron chi connectivity index (χ3n) is 5.82. The maximum atomic E-state index is 12.7. The van der Waals surface area contributed by atoms with E-state index < -0.39 is 0 Å². The Labute approximate surface area is 129 Å². The highest BCUT2D eigenvalue weighted by atomic mass is 16.2. The summed E-state index contributed by atoms with van der Waals surface area (Å²) in [7, 11) is 0. The fraction of sp³-hybridized carbons (Fsp3) is 0.941. The average Bonchev–Trinajstić information content (AvgIpc) is 3.09. The van der Waals surface area contributed by atoms with Gasteiger partial charge >= 0.3 is 0 Å². The maximum Gasteiger partial charge on any atom is 0.239 e. The molecule has 3 aliphatic heterocycles. The maximum absolute atomic E-state index is 12.7. The van der Waals surface area contributed by atoms with E-state index in [9.17, 15) is 4.79 Å². The molecule has 0 aromatic carbocycles. The molecule has 3 heterocycles. The van der Waals surface area contributed by atoms with Crippen molar-refractivity contribution >= 4 is 5.91 Å². The van der Waals surface area contributed by atoms with E-state index in [1.54, 1.807) is 0 Å². The lowest BCUT2D eigenvalue weighted by Crippen LogP contribution is -2.53. The summed E-state index contributed by atoms with van der Waals surface area (Å²) in [6.07, 6.45) is 8.57. The Kier molecular flexibility index (Phi) is 5.17. The Balaban J connectivity index is 1.48. The van der Waals surface area contributed by atoms with Gasteiger partial charge in [-0.1, -0.05) is 13.3 Å². The highest BCUT2D eigenvalue weighted by Gasteiger charge is 2.33. The summed E-state index contributed by atoms with van der Waals surface area (Å²) in [6.45, 7) is 7.75. The average molecular weight is 293 g/mol. The van der Waals surface area contributed by atoms with E-state index in [4.69, 9.17) is 0 Å². The molecule has 0 bridgehead atoms. The number of rotatable bonds is 3. The molecular formula is C17H31N3O. The van der Waals surface area contributed by atoms with Gasteiger partial charge in [0.05, 0.1) is 6.04 Å². The number of amides is 1. The SMILES string of the molecule is CCC1CCNC(C(=O)N2CCC(N3CCCC3)CC2)C1. The van der Waals surface area contributed by atoms with Gasteiger partial charge in [-0.2, -0.15) is 0 Å². The predicted octanol–water partition coefficient (Wildman–Crippen LogP) is 1.85. The first kappa shape index (κ1) is 15.3. The third kappa shape index (κ3) is 3.59. The van der Waals surface area contributed by atoms with Crippen molar-refractivity contribution in [1.29, 1.82) is 0 Å². The van der Waals surface area contributed by atoms with Gasteiger partial charge in [-0.15, -0.1) is 0 Å². The molecule has 0 aromatic heterocycles. The van der Waals surface area contributed by atoms with Crippen molar-refractivity contribution in [1.82, 2.24) is 15.1 Å². The zero-order valence-electron chi connectivity index (χ0n) is 13.5. The number of nitrogens with one attached hydrogen (secondary N) is 1. The molecule has 3 aliphatic rings. The van der Waals surface area contributed by atoms with E-state index in [0.717, 1.165) is 38.0 Å². The van der Waals surface area contributed by atoms with Crippen molar-refractivity contribution in [3.05, 3.63) is 0 Å². The van der Waals surface area contributed by atoms with Gasteiger partial charge in [-0.05, 0) is 64.1 Å². The molecule has 0 aromatic rings. The lowest BCUT2D eigenvalue weighted by molar-refractivity contribution is -0.136. The van der Waals surface area contributed by atoms with Crippen LogP contribution in [0.5, 0.6) is 0 Å². The van der Waals surface area contributed by atoms with E-state index >= 15 is 0 Å². The van der Waals surface area contributed by atoms with Gasteiger partial charge in [0.2, 0.25) is 5.91 Å². The van der Waals surface area contributed by atoms with E-state index in [0.29, 0.717) is 5.91 Å². The van der Waals surface area contributed by atoms with Crippen LogP contribution in [0.25, 0.3) is 0 Å². The fourth-order valence-corrected chi connectivity index (χ4v) is 4.33. The van der Waals surface area contributed by atoms with Crippen LogP contribution in [0.15, 0.2) is 0 Å². The first-order valence-electron chi connectivity index (χ1n) is 9.04. The quantitative estimate of drug-likeness (QED) is 0.862. The molecule has 0 radical (unpaired) electrons. The van der Waals surface area contributed by atoms with Crippen molar-refractivity contribution in [2.24, 2.45) is 5.92 Å². The standard InChI is InChI=1S/C17H31N3O/c1-2-14-5-8-18-16(13-14)17(21)20-11-6-15(7-12-20)19-9-3-4-10-19/h14-16,18H,2-13H2,1H3. The van der Waals surface area contributed by atoms with Crippen LogP contribution in [0.3, 0.4) is 0 Å². The van der Waals surface area contributed by atoms with Gasteiger partial charge in [0.25, 0.3) is 0 Å². The molecule has 4 heteroatoms. The summed E-state index contributed by atoms with van der Waals surface area (Å²) in [5.74, 6) is 1.11. The van der Waals surface area contributed by atoms with Crippen molar-refractivity contribution in [3.8, 4) is 0 Å².